The van der Waals surface area contributed by atoms with Gasteiger partial charge in [-0.1, -0.05) is 36.4 Å². The van der Waals surface area contributed by atoms with Gasteiger partial charge in [0.2, 0.25) is 0 Å². The van der Waals surface area contributed by atoms with Crippen LogP contribution in [0.3, 0.4) is 0 Å². The molecule has 2 unspecified atom stereocenters. The van der Waals surface area contributed by atoms with Gasteiger partial charge in [0, 0.05) is 11.1 Å². The van der Waals surface area contributed by atoms with Gasteiger partial charge in [-0.15, -0.1) is 11.6 Å². The van der Waals surface area contributed by atoms with Crippen LogP contribution in [0.5, 0.6) is 5.75 Å². The van der Waals surface area contributed by atoms with Gasteiger partial charge in [0.15, 0.2) is 5.78 Å². The number of para-hydroxylation sites is 2. The zero-order valence-corrected chi connectivity index (χ0v) is 11.5. The van der Waals surface area contributed by atoms with Gasteiger partial charge in [0.05, 0.1) is 0 Å². The topological polar surface area (TPSA) is 58.9 Å². The van der Waals surface area contributed by atoms with E-state index in [1.165, 1.54) is 0 Å². The van der Waals surface area contributed by atoms with Crippen LogP contribution in [0.25, 0.3) is 0 Å². The number of carbonyl (C=O) groups is 1. The number of hydrogen-bond acceptors (Lipinski definition) is 4. The number of ether oxygens (including phenoxy) is 1. The Kier molecular flexibility index (Phi) is 2.49. The van der Waals surface area contributed by atoms with Gasteiger partial charge in [0.1, 0.15) is 22.5 Å². The number of benzene rings is 2. The van der Waals surface area contributed by atoms with Crippen molar-refractivity contribution in [3.05, 3.63) is 59.7 Å². The maximum atomic E-state index is 12.3. The number of rotatable bonds is 0. The molecule has 0 amide bonds. The highest BCUT2D eigenvalue weighted by Gasteiger charge is 2.52. The number of halogens is 1. The molecular weight excluding hydrogens is 290 g/mol. The molecule has 2 aromatic rings. The lowest BCUT2D eigenvalue weighted by molar-refractivity contribution is -0.0864. The highest BCUT2D eigenvalue weighted by atomic mass is 35.5. The van der Waals surface area contributed by atoms with E-state index in [9.17, 15) is 9.90 Å². The molecule has 0 spiro atoms. The normalized spacial score (nSPS) is 26.1. The van der Waals surface area contributed by atoms with E-state index in [1.54, 1.807) is 48.5 Å². The Hall–Kier alpha value is -2.17. The van der Waals surface area contributed by atoms with E-state index in [4.69, 9.17) is 16.3 Å². The average Bonchev–Trinajstić information content (AvgIpc) is 2.52. The van der Waals surface area contributed by atoms with Crippen molar-refractivity contribution in [2.45, 2.75) is 11.2 Å². The fourth-order valence-electron chi connectivity index (χ4n) is 2.73. The van der Waals surface area contributed by atoms with Crippen molar-refractivity contribution in [3.63, 3.8) is 0 Å². The largest absolute Gasteiger partial charge is 0.450 e. The molecule has 0 radical (unpaired) electrons. The van der Waals surface area contributed by atoms with Crippen LogP contribution in [0, 0.1) is 0 Å². The molecule has 0 saturated heterocycles. The predicted octanol–water partition coefficient (Wildman–Crippen LogP) is 2.80. The number of aliphatic hydroxyl groups is 1. The molecule has 1 aliphatic carbocycles. The summed E-state index contributed by atoms with van der Waals surface area (Å²) in [5, 5.41) is 9.95. The Labute approximate surface area is 125 Å². The molecule has 0 aromatic heterocycles. The first kappa shape index (κ1) is 12.6. The predicted molar refractivity (Wildman–Crippen MR) is 78.5 cm³/mol. The molecule has 1 N–H and O–H groups in total. The van der Waals surface area contributed by atoms with Gasteiger partial charge in [-0.3, -0.25) is 4.79 Å². The standard InChI is InChI=1S/C16H10ClNO3/c17-13-14(19)9-5-1-2-6-10(9)16(20)15(13)18-11-7-3-4-8-12(11)21-16/h1-8,13,20H. The SMILES string of the molecule is O=C1c2ccccc2C2(O)Oc3ccccc3N=C2C1Cl. The van der Waals surface area contributed by atoms with E-state index >= 15 is 0 Å². The van der Waals surface area contributed by atoms with Crippen LogP contribution < -0.4 is 4.74 Å². The zero-order chi connectivity index (χ0) is 14.6. The maximum absolute atomic E-state index is 12.3. The van der Waals surface area contributed by atoms with Crippen molar-refractivity contribution >= 4 is 28.8 Å². The van der Waals surface area contributed by atoms with Crippen molar-refractivity contribution in [1.29, 1.82) is 0 Å². The summed E-state index contributed by atoms with van der Waals surface area (Å²) in [7, 11) is 0. The van der Waals surface area contributed by atoms with Crippen molar-refractivity contribution in [1.82, 2.24) is 0 Å². The Morgan fingerprint density at radius 1 is 1.14 bits per heavy atom. The molecule has 4 nitrogen and oxygen atoms in total. The minimum absolute atomic E-state index is 0.117. The molecule has 0 saturated carbocycles. The van der Waals surface area contributed by atoms with Gasteiger partial charge in [0.25, 0.3) is 5.79 Å². The van der Waals surface area contributed by atoms with Crippen LogP contribution in [0.4, 0.5) is 5.69 Å². The lowest BCUT2D eigenvalue weighted by atomic mass is 9.83. The highest BCUT2D eigenvalue weighted by molar-refractivity contribution is 6.47. The molecule has 1 aliphatic heterocycles. The molecule has 21 heavy (non-hydrogen) atoms. The number of hydrogen-bond donors (Lipinski definition) is 1. The van der Waals surface area contributed by atoms with E-state index in [1.807, 2.05) is 0 Å². The first-order valence-electron chi connectivity index (χ1n) is 6.48. The molecular formula is C16H10ClNO3. The summed E-state index contributed by atoms with van der Waals surface area (Å²) in [6.07, 6.45) is 0. The number of fused-ring (bicyclic) bond motifs is 4. The molecule has 104 valence electrons. The number of Topliss-reactive ketones (excluding diaryl/α,β-unsaturated/α-hetero) is 1. The maximum Gasteiger partial charge on any atom is 0.277 e. The number of nitrogens with zero attached hydrogens (tertiary/aromatic N) is 1. The lowest BCUT2D eigenvalue weighted by Gasteiger charge is -2.39. The van der Waals surface area contributed by atoms with Crippen LogP contribution in [0.2, 0.25) is 0 Å². The fraction of sp³-hybridized carbons (Fsp3) is 0.125. The molecule has 0 fully saturated rings. The van der Waals surface area contributed by atoms with Crippen molar-refractivity contribution in [3.8, 4) is 5.75 Å². The number of carbonyl (C=O) groups excluding carboxylic acids is 1. The highest BCUT2D eigenvalue weighted by Crippen LogP contribution is 2.44. The summed E-state index contributed by atoms with van der Waals surface area (Å²) >= 11 is 6.20. The average molecular weight is 300 g/mol. The summed E-state index contributed by atoms with van der Waals surface area (Å²) in [6, 6.07) is 13.8. The third kappa shape index (κ3) is 1.60. The van der Waals surface area contributed by atoms with E-state index < -0.39 is 11.2 Å². The summed E-state index contributed by atoms with van der Waals surface area (Å²) in [6.45, 7) is 0. The zero-order valence-electron chi connectivity index (χ0n) is 10.8. The van der Waals surface area contributed by atoms with Crippen LogP contribution in [0.1, 0.15) is 15.9 Å². The third-order valence-corrected chi connectivity index (χ3v) is 4.14. The number of ketones is 1. The van der Waals surface area contributed by atoms with Gasteiger partial charge >= 0.3 is 0 Å². The third-order valence-electron chi connectivity index (χ3n) is 3.74. The second kappa shape index (κ2) is 4.16. The van der Waals surface area contributed by atoms with Crippen LogP contribution in [0.15, 0.2) is 53.5 Å². The Bertz CT molecular complexity index is 802. The van der Waals surface area contributed by atoms with Crippen LogP contribution in [-0.2, 0) is 5.79 Å². The molecule has 2 atom stereocenters. The fourth-order valence-corrected chi connectivity index (χ4v) is 3.04. The Balaban J connectivity index is 2.02. The lowest BCUT2D eigenvalue weighted by Crippen LogP contribution is -2.53. The van der Waals surface area contributed by atoms with Gasteiger partial charge in [-0.05, 0) is 12.1 Å². The van der Waals surface area contributed by atoms with Gasteiger partial charge in [-0.25, -0.2) is 4.99 Å². The molecule has 5 heteroatoms. The van der Waals surface area contributed by atoms with E-state index in [-0.39, 0.29) is 11.5 Å². The van der Waals surface area contributed by atoms with Crippen molar-refractivity contribution in [2.75, 3.05) is 0 Å². The summed E-state index contributed by atoms with van der Waals surface area (Å²) in [5.74, 6) is -1.62. The molecule has 4 rings (SSSR count). The second-order valence-electron chi connectivity index (χ2n) is 4.98. The Morgan fingerprint density at radius 2 is 1.86 bits per heavy atom. The second-order valence-corrected chi connectivity index (χ2v) is 5.42. The quantitative estimate of drug-likeness (QED) is 0.761. The van der Waals surface area contributed by atoms with E-state index in [0.717, 1.165) is 0 Å². The van der Waals surface area contributed by atoms with Crippen LogP contribution >= 0.6 is 11.6 Å². The number of alkyl halides is 1. The van der Waals surface area contributed by atoms with Crippen LogP contribution in [-0.4, -0.2) is 22.0 Å². The Morgan fingerprint density at radius 3 is 2.71 bits per heavy atom. The summed E-state index contributed by atoms with van der Waals surface area (Å²) < 4.78 is 5.76. The molecule has 2 aliphatic rings. The first-order valence-corrected chi connectivity index (χ1v) is 6.92. The molecule has 1 heterocycles. The summed E-state index contributed by atoms with van der Waals surface area (Å²) in [4.78, 5) is 16.7. The monoisotopic (exact) mass is 299 g/mol. The minimum Gasteiger partial charge on any atom is -0.450 e. The van der Waals surface area contributed by atoms with Gasteiger partial charge < -0.3 is 9.84 Å². The van der Waals surface area contributed by atoms with Crippen molar-refractivity contribution < 1.29 is 14.6 Å². The molecule has 0 bridgehead atoms. The van der Waals surface area contributed by atoms with Gasteiger partial charge in [-0.2, -0.15) is 0 Å². The molecule has 2 aromatic carbocycles. The first-order chi connectivity index (χ1) is 10.1. The smallest absolute Gasteiger partial charge is 0.277 e. The van der Waals surface area contributed by atoms with Crippen molar-refractivity contribution in [2.24, 2.45) is 4.99 Å². The van der Waals surface area contributed by atoms with E-state index in [2.05, 4.69) is 4.99 Å². The number of aliphatic imine (C=N–C) groups is 1. The summed E-state index contributed by atoms with van der Waals surface area (Å²) in [5.41, 5.74) is 1.40. The van der Waals surface area contributed by atoms with E-state index in [0.29, 0.717) is 22.6 Å². The minimum atomic E-state index is -1.80.